The fraction of sp³-hybridized carbons (Fsp3) is 0.474. The van der Waals surface area contributed by atoms with Crippen molar-refractivity contribution in [2.45, 2.75) is 25.7 Å². The van der Waals surface area contributed by atoms with Crippen molar-refractivity contribution in [1.29, 1.82) is 0 Å². The molecule has 1 aromatic carbocycles. The van der Waals surface area contributed by atoms with Crippen LogP contribution in [0.1, 0.15) is 25.0 Å². The fourth-order valence-corrected chi connectivity index (χ4v) is 3.15. The van der Waals surface area contributed by atoms with E-state index in [1.807, 2.05) is 48.3 Å². The first-order valence-electron chi connectivity index (χ1n) is 8.71. The van der Waals surface area contributed by atoms with Gasteiger partial charge in [0.25, 0.3) is 0 Å². The van der Waals surface area contributed by atoms with Gasteiger partial charge in [-0.3, -0.25) is 4.79 Å². The Morgan fingerprint density at radius 3 is 2.88 bits per heavy atom. The molecule has 3 rings (SSSR count). The van der Waals surface area contributed by atoms with Gasteiger partial charge in [0.2, 0.25) is 5.91 Å². The molecule has 1 saturated heterocycles. The molecule has 1 aromatic heterocycles. The number of rotatable bonds is 6. The molecule has 2 heterocycles. The number of aromatic nitrogens is 1. The van der Waals surface area contributed by atoms with Crippen LogP contribution in [-0.2, 0) is 11.2 Å². The fourth-order valence-electron chi connectivity index (χ4n) is 3.15. The van der Waals surface area contributed by atoms with Gasteiger partial charge < -0.3 is 14.7 Å². The first-order chi connectivity index (χ1) is 11.7. The molecule has 1 aliphatic heterocycles. The van der Waals surface area contributed by atoms with Crippen molar-refractivity contribution in [3.8, 4) is 11.3 Å². The number of nitrogens with zero attached hydrogens (tertiary/aromatic N) is 2. The van der Waals surface area contributed by atoms with Gasteiger partial charge in [-0.15, -0.1) is 12.4 Å². The molecule has 1 fully saturated rings. The van der Waals surface area contributed by atoms with E-state index in [1.54, 1.807) is 0 Å². The molecule has 1 amide bonds. The number of piperidine rings is 1. The predicted octanol–water partition coefficient (Wildman–Crippen LogP) is 3.15. The summed E-state index contributed by atoms with van der Waals surface area (Å²) in [6.45, 7) is 2.59. The van der Waals surface area contributed by atoms with Gasteiger partial charge >= 0.3 is 0 Å². The van der Waals surface area contributed by atoms with Crippen molar-refractivity contribution in [3.63, 3.8) is 0 Å². The second kappa shape index (κ2) is 9.59. The molecule has 1 unspecified atom stereocenters. The van der Waals surface area contributed by atoms with Crippen LogP contribution in [-0.4, -0.2) is 42.6 Å². The van der Waals surface area contributed by atoms with E-state index >= 15 is 0 Å². The molecule has 0 spiro atoms. The van der Waals surface area contributed by atoms with Crippen LogP contribution in [0.15, 0.2) is 40.9 Å². The Kier molecular flexibility index (Phi) is 7.47. The number of halogens is 1. The van der Waals surface area contributed by atoms with Crippen LogP contribution in [0.2, 0.25) is 0 Å². The average Bonchev–Trinajstić information content (AvgIpc) is 3.11. The third-order valence-electron chi connectivity index (χ3n) is 4.57. The summed E-state index contributed by atoms with van der Waals surface area (Å²) in [6, 6.07) is 12.0. The first-order valence-corrected chi connectivity index (χ1v) is 8.71. The van der Waals surface area contributed by atoms with Crippen molar-refractivity contribution in [2.75, 3.05) is 26.7 Å². The van der Waals surface area contributed by atoms with E-state index in [9.17, 15) is 4.79 Å². The van der Waals surface area contributed by atoms with Crippen molar-refractivity contribution in [3.05, 3.63) is 42.2 Å². The summed E-state index contributed by atoms with van der Waals surface area (Å²) in [6.07, 6.45) is 3.76. The highest BCUT2D eigenvalue weighted by atomic mass is 35.5. The molecule has 2 aromatic rings. The lowest BCUT2D eigenvalue weighted by molar-refractivity contribution is -0.134. The number of amides is 1. The zero-order chi connectivity index (χ0) is 16.8. The Labute approximate surface area is 155 Å². The normalized spacial score (nSPS) is 16.9. The molecule has 0 saturated carbocycles. The van der Waals surface area contributed by atoms with Gasteiger partial charge in [-0.2, -0.15) is 0 Å². The van der Waals surface area contributed by atoms with Crippen molar-refractivity contribution < 1.29 is 9.32 Å². The van der Waals surface area contributed by atoms with E-state index in [0.717, 1.165) is 62.3 Å². The Bertz CT molecular complexity index is 654. The Morgan fingerprint density at radius 2 is 2.16 bits per heavy atom. The average molecular weight is 364 g/mol. The molecule has 0 aliphatic carbocycles. The molecular weight excluding hydrogens is 338 g/mol. The highest BCUT2D eigenvalue weighted by molar-refractivity contribution is 5.85. The molecular formula is C19H26ClN3O2. The smallest absolute Gasteiger partial charge is 0.226 e. The maximum absolute atomic E-state index is 12.4. The third kappa shape index (κ3) is 5.31. The summed E-state index contributed by atoms with van der Waals surface area (Å²) in [7, 11) is 1.90. The minimum Gasteiger partial charge on any atom is -0.361 e. The van der Waals surface area contributed by atoms with Crippen LogP contribution >= 0.6 is 12.4 Å². The van der Waals surface area contributed by atoms with E-state index in [2.05, 4.69) is 10.5 Å². The highest BCUT2D eigenvalue weighted by Crippen LogP contribution is 2.19. The van der Waals surface area contributed by atoms with Crippen molar-refractivity contribution in [1.82, 2.24) is 15.4 Å². The predicted molar refractivity (Wildman–Crippen MR) is 101 cm³/mol. The molecule has 1 atom stereocenters. The number of aryl methyl sites for hydroxylation is 1. The van der Waals surface area contributed by atoms with Gasteiger partial charge in [0.15, 0.2) is 0 Å². The first kappa shape index (κ1) is 19.5. The maximum atomic E-state index is 12.4. The molecule has 1 N–H and O–H groups in total. The highest BCUT2D eigenvalue weighted by Gasteiger charge is 2.23. The molecule has 136 valence electrons. The third-order valence-corrected chi connectivity index (χ3v) is 4.57. The lowest BCUT2D eigenvalue weighted by Crippen LogP contribution is -2.41. The van der Waals surface area contributed by atoms with Gasteiger partial charge in [-0.25, -0.2) is 0 Å². The van der Waals surface area contributed by atoms with Crippen LogP contribution < -0.4 is 5.32 Å². The summed E-state index contributed by atoms with van der Waals surface area (Å²) in [5.74, 6) is 1.26. The van der Waals surface area contributed by atoms with E-state index in [0.29, 0.717) is 0 Å². The summed E-state index contributed by atoms with van der Waals surface area (Å²) < 4.78 is 5.41. The van der Waals surface area contributed by atoms with Crippen LogP contribution in [0.25, 0.3) is 11.3 Å². The monoisotopic (exact) mass is 363 g/mol. The minimum absolute atomic E-state index is 0. The van der Waals surface area contributed by atoms with Crippen LogP contribution in [0.5, 0.6) is 0 Å². The Morgan fingerprint density at radius 1 is 1.36 bits per heavy atom. The molecule has 0 radical (unpaired) electrons. The van der Waals surface area contributed by atoms with Gasteiger partial charge in [-0.05, 0) is 25.8 Å². The number of carbonyl (C=O) groups excluding carboxylic acids is 1. The van der Waals surface area contributed by atoms with Gasteiger partial charge in [0.1, 0.15) is 11.5 Å². The molecule has 1 aliphatic rings. The maximum Gasteiger partial charge on any atom is 0.226 e. The van der Waals surface area contributed by atoms with E-state index in [1.165, 1.54) is 0 Å². The summed E-state index contributed by atoms with van der Waals surface area (Å²) in [5.41, 5.74) is 1.92. The minimum atomic E-state index is 0. The Hall–Kier alpha value is -1.85. The van der Waals surface area contributed by atoms with Gasteiger partial charge in [0, 0.05) is 38.2 Å². The zero-order valence-electron chi connectivity index (χ0n) is 14.6. The van der Waals surface area contributed by atoms with Crippen LogP contribution in [0, 0.1) is 5.92 Å². The van der Waals surface area contributed by atoms with Crippen molar-refractivity contribution in [2.24, 2.45) is 5.92 Å². The second-order valence-electron chi connectivity index (χ2n) is 6.45. The van der Waals surface area contributed by atoms with E-state index < -0.39 is 0 Å². The number of carbonyl (C=O) groups is 1. The number of nitrogens with one attached hydrogen (secondary N) is 1. The molecule has 5 nitrogen and oxygen atoms in total. The SMILES string of the molecule is CN(CCCc1cc(-c2ccccc2)no1)C(=O)C1CCCNC1.Cl. The Balaban J connectivity index is 0.00000225. The van der Waals surface area contributed by atoms with Gasteiger partial charge in [0.05, 0.1) is 5.92 Å². The van der Waals surface area contributed by atoms with Crippen LogP contribution in [0.4, 0.5) is 0 Å². The van der Waals surface area contributed by atoms with Gasteiger partial charge in [-0.1, -0.05) is 35.5 Å². The van der Waals surface area contributed by atoms with E-state index in [-0.39, 0.29) is 24.2 Å². The summed E-state index contributed by atoms with van der Waals surface area (Å²) >= 11 is 0. The molecule has 6 heteroatoms. The topological polar surface area (TPSA) is 58.4 Å². The second-order valence-corrected chi connectivity index (χ2v) is 6.45. The summed E-state index contributed by atoms with van der Waals surface area (Å²) in [4.78, 5) is 14.2. The zero-order valence-corrected chi connectivity index (χ0v) is 15.4. The number of hydrogen-bond acceptors (Lipinski definition) is 4. The lowest BCUT2D eigenvalue weighted by Gasteiger charge is -2.26. The lowest BCUT2D eigenvalue weighted by atomic mass is 9.98. The summed E-state index contributed by atoms with van der Waals surface area (Å²) in [5, 5.41) is 7.43. The van der Waals surface area contributed by atoms with Crippen LogP contribution in [0.3, 0.4) is 0 Å². The largest absolute Gasteiger partial charge is 0.361 e. The molecule has 25 heavy (non-hydrogen) atoms. The number of hydrogen-bond donors (Lipinski definition) is 1. The molecule has 0 bridgehead atoms. The standard InChI is InChI=1S/C19H25N3O2.ClH/c1-22(19(23)16-9-5-11-20-14-16)12-6-10-17-13-18(21-24-17)15-7-3-2-4-8-15;/h2-4,7-8,13,16,20H,5-6,9-12,14H2,1H3;1H. The van der Waals surface area contributed by atoms with Crippen molar-refractivity contribution >= 4 is 18.3 Å². The quantitative estimate of drug-likeness (QED) is 0.856. The number of benzene rings is 1. The van der Waals surface area contributed by atoms with E-state index in [4.69, 9.17) is 4.52 Å².